The number of hydrogen-bond donors (Lipinski definition) is 6. The first-order valence-corrected chi connectivity index (χ1v) is 5.20. The Balaban J connectivity index is 4.20. The zero-order chi connectivity index (χ0) is 15.0. The third kappa shape index (κ3) is 6.84. The molecule has 0 aromatic rings. The average Bonchev–Trinajstić information content (AvgIpc) is 2.39. The van der Waals surface area contributed by atoms with Crippen LogP contribution in [0, 0.1) is 0 Å². The highest BCUT2D eigenvalue weighted by atomic mass is 16.5. The second-order valence-corrected chi connectivity index (χ2v) is 3.60. The summed E-state index contributed by atoms with van der Waals surface area (Å²) >= 11 is 0. The summed E-state index contributed by atoms with van der Waals surface area (Å²) in [7, 11) is 0. The van der Waals surface area contributed by atoms with Gasteiger partial charge in [0.25, 0.3) is 0 Å². The molecular formula is C10H16O9. The zero-order valence-electron chi connectivity index (χ0n) is 9.79. The summed E-state index contributed by atoms with van der Waals surface area (Å²) in [6.07, 6.45) is -5.92. The van der Waals surface area contributed by atoms with Crippen molar-refractivity contribution < 1.29 is 45.0 Å². The molecule has 9 heteroatoms. The minimum Gasteiger partial charge on any atom is -0.478 e. The van der Waals surface area contributed by atoms with Gasteiger partial charge in [0.15, 0.2) is 0 Å². The second kappa shape index (κ2) is 8.56. The van der Waals surface area contributed by atoms with Crippen LogP contribution in [-0.4, -0.2) is 80.2 Å². The molecule has 0 heterocycles. The molecular weight excluding hydrogens is 264 g/mol. The highest BCUT2D eigenvalue weighted by Gasteiger charge is 2.30. The summed E-state index contributed by atoms with van der Waals surface area (Å²) in [5.41, 5.74) is 0. The predicted molar refractivity (Wildman–Crippen MR) is 58.8 cm³/mol. The summed E-state index contributed by atoms with van der Waals surface area (Å²) in [4.78, 5) is 21.0. The van der Waals surface area contributed by atoms with Crippen molar-refractivity contribution in [3.8, 4) is 0 Å². The van der Waals surface area contributed by atoms with E-state index in [0.29, 0.717) is 12.2 Å². The molecule has 0 saturated heterocycles. The number of hydrogen-bond acceptors (Lipinski definition) is 8. The van der Waals surface area contributed by atoms with Crippen LogP contribution in [0.25, 0.3) is 0 Å². The van der Waals surface area contributed by atoms with Crippen molar-refractivity contribution in [1.82, 2.24) is 0 Å². The molecule has 0 rings (SSSR count). The summed E-state index contributed by atoms with van der Waals surface area (Å²) in [6, 6.07) is 0. The molecule has 4 atom stereocenters. The molecule has 0 aliphatic heterocycles. The Morgan fingerprint density at radius 2 is 1.53 bits per heavy atom. The minimum absolute atomic E-state index is 0.523. The van der Waals surface area contributed by atoms with Crippen molar-refractivity contribution in [3.63, 3.8) is 0 Å². The van der Waals surface area contributed by atoms with Crippen LogP contribution < -0.4 is 0 Å². The maximum atomic E-state index is 10.9. The number of carboxylic acid groups (broad SMARTS) is 1. The summed E-state index contributed by atoms with van der Waals surface area (Å²) in [5.74, 6) is -2.43. The maximum absolute atomic E-state index is 10.9. The van der Waals surface area contributed by atoms with Crippen molar-refractivity contribution in [2.75, 3.05) is 13.2 Å². The van der Waals surface area contributed by atoms with E-state index < -0.39 is 49.6 Å². The van der Waals surface area contributed by atoms with Gasteiger partial charge in [-0.05, 0) is 0 Å². The van der Waals surface area contributed by atoms with Gasteiger partial charge in [-0.3, -0.25) is 0 Å². The van der Waals surface area contributed by atoms with Gasteiger partial charge < -0.3 is 35.4 Å². The molecule has 0 saturated carbocycles. The Bertz CT molecular complexity index is 327. The molecule has 0 unspecified atom stereocenters. The number of rotatable bonds is 8. The topological polar surface area (TPSA) is 165 Å². The van der Waals surface area contributed by atoms with E-state index in [1.54, 1.807) is 0 Å². The van der Waals surface area contributed by atoms with E-state index >= 15 is 0 Å². The van der Waals surface area contributed by atoms with E-state index in [4.69, 9.17) is 15.3 Å². The first-order valence-electron chi connectivity index (χ1n) is 5.20. The molecule has 0 aliphatic rings. The Morgan fingerprint density at radius 1 is 1.00 bits per heavy atom. The number of aliphatic hydroxyl groups is 5. The summed E-state index contributed by atoms with van der Waals surface area (Å²) in [6.45, 7) is -1.55. The van der Waals surface area contributed by atoms with Crippen LogP contribution >= 0.6 is 0 Å². The maximum Gasteiger partial charge on any atom is 0.331 e. The van der Waals surface area contributed by atoms with Gasteiger partial charge in [-0.2, -0.15) is 0 Å². The van der Waals surface area contributed by atoms with Gasteiger partial charge in [-0.1, -0.05) is 0 Å². The van der Waals surface area contributed by atoms with E-state index in [1.807, 2.05) is 0 Å². The summed E-state index contributed by atoms with van der Waals surface area (Å²) in [5, 5.41) is 53.7. The van der Waals surface area contributed by atoms with Crippen LogP contribution in [0.1, 0.15) is 0 Å². The molecule has 19 heavy (non-hydrogen) atoms. The molecule has 110 valence electrons. The standard InChI is InChI=1S/C10H16O9/c11-3-5(12)9(17)10(18)6(13)4-19-8(16)2-1-7(14)15/h1-2,5-6,9-13,17-18H,3-4H2,(H,14,15)/t5-,6+,9-,10-/m1/s1. The molecule has 9 nitrogen and oxygen atoms in total. The van der Waals surface area contributed by atoms with Crippen LogP contribution in [0.5, 0.6) is 0 Å². The smallest absolute Gasteiger partial charge is 0.331 e. The van der Waals surface area contributed by atoms with Crippen molar-refractivity contribution in [2.45, 2.75) is 24.4 Å². The number of carbonyl (C=O) groups is 2. The molecule has 0 aromatic heterocycles. The molecule has 6 N–H and O–H groups in total. The van der Waals surface area contributed by atoms with E-state index in [2.05, 4.69) is 4.74 Å². The fourth-order valence-corrected chi connectivity index (χ4v) is 1.02. The second-order valence-electron chi connectivity index (χ2n) is 3.60. The minimum atomic E-state index is -1.85. The van der Waals surface area contributed by atoms with Crippen molar-refractivity contribution in [2.24, 2.45) is 0 Å². The average molecular weight is 280 g/mol. The number of aliphatic hydroxyl groups excluding tert-OH is 5. The van der Waals surface area contributed by atoms with E-state index in [9.17, 15) is 24.9 Å². The Hall–Kier alpha value is -1.52. The number of ether oxygens (including phenoxy) is 1. The van der Waals surface area contributed by atoms with Gasteiger partial charge >= 0.3 is 11.9 Å². The molecule has 0 amide bonds. The fraction of sp³-hybridized carbons (Fsp3) is 0.600. The lowest BCUT2D eigenvalue weighted by Crippen LogP contribution is -2.47. The van der Waals surface area contributed by atoms with E-state index in [-0.39, 0.29) is 0 Å². The van der Waals surface area contributed by atoms with Gasteiger partial charge in [0.2, 0.25) is 0 Å². The van der Waals surface area contributed by atoms with Crippen molar-refractivity contribution in [1.29, 1.82) is 0 Å². The normalized spacial score (nSPS) is 17.7. The van der Waals surface area contributed by atoms with Crippen molar-refractivity contribution in [3.05, 3.63) is 12.2 Å². The first-order chi connectivity index (χ1) is 8.79. The predicted octanol–water partition coefficient (Wildman–Crippen LogP) is -3.39. The fourth-order valence-electron chi connectivity index (χ4n) is 1.02. The Labute approximate surface area is 108 Å². The largest absolute Gasteiger partial charge is 0.478 e. The van der Waals surface area contributed by atoms with Gasteiger partial charge in [0.05, 0.1) is 6.61 Å². The quantitative estimate of drug-likeness (QED) is 0.196. The van der Waals surface area contributed by atoms with Gasteiger partial charge in [-0.25, -0.2) is 9.59 Å². The number of carboxylic acids is 1. The molecule has 0 bridgehead atoms. The third-order valence-corrected chi connectivity index (χ3v) is 2.08. The van der Waals surface area contributed by atoms with Gasteiger partial charge in [0.1, 0.15) is 31.0 Å². The number of carbonyl (C=O) groups excluding carboxylic acids is 1. The lowest BCUT2D eigenvalue weighted by atomic mass is 10.0. The van der Waals surface area contributed by atoms with E-state index in [1.165, 1.54) is 0 Å². The third-order valence-electron chi connectivity index (χ3n) is 2.08. The molecule has 0 spiro atoms. The molecule has 0 fully saturated rings. The van der Waals surface area contributed by atoms with Crippen LogP contribution in [-0.2, 0) is 14.3 Å². The van der Waals surface area contributed by atoms with Crippen LogP contribution in [0.4, 0.5) is 0 Å². The lowest BCUT2D eigenvalue weighted by Gasteiger charge is -2.25. The van der Waals surface area contributed by atoms with Gasteiger partial charge in [0, 0.05) is 12.2 Å². The SMILES string of the molecule is O=C(O)C=CC(=O)OC[C@H](O)[C@@H](O)[C@H](O)[C@H](O)CO. The van der Waals surface area contributed by atoms with Crippen LogP contribution in [0.3, 0.4) is 0 Å². The highest BCUT2D eigenvalue weighted by molar-refractivity contribution is 5.90. The van der Waals surface area contributed by atoms with Crippen LogP contribution in [0.15, 0.2) is 12.2 Å². The zero-order valence-corrected chi connectivity index (χ0v) is 9.79. The van der Waals surface area contributed by atoms with E-state index in [0.717, 1.165) is 0 Å². The van der Waals surface area contributed by atoms with Crippen molar-refractivity contribution >= 4 is 11.9 Å². The summed E-state index contributed by atoms with van der Waals surface area (Å²) < 4.78 is 4.38. The highest BCUT2D eigenvalue weighted by Crippen LogP contribution is 2.05. The monoisotopic (exact) mass is 280 g/mol. The Kier molecular flexibility index (Phi) is 7.87. The molecule has 0 aliphatic carbocycles. The number of esters is 1. The van der Waals surface area contributed by atoms with Gasteiger partial charge in [-0.15, -0.1) is 0 Å². The molecule has 0 aromatic carbocycles. The number of aliphatic carboxylic acids is 1. The molecule has 0 radical (unpaired) electrons. The van der Waals surface area contributed by atoms with Crippen LogP contribution in [0.2, 0.25) is 0 Å². The Morgan fingerprint density at radius 3 is 2.00 bits per heavy atom. The lowest BCUT2D eigenvalue weighted by molar-refractivity contribution is -0.151. The first kappa shape index (κ1) is 17.5.